The Kier molecular flexibility index (Phi) is 27.8. The van der Waals surface area contributed by atoms with Gasteiger partial charge in [-0.1, -0.05) is 103 Å². The maximum atomic E-state index is 10.7. The van der Waals surface area contributed by atoms with E-state index in [0.717, 1.165) is 6.42 Å². The summed E-state index contributed by atoms with van der Waals surface area (Å²) in [6, 6.07) is 0. The molecule has 1 amide bonds. The molecule has 0 saturated carbocycles. The quantitative estimate of drug-likeness (QED) is 0.0644. The van der Waals surface area contributed by atoms with Gasteiger partial charge in [-0.2, -0.15) is 0 Å². The number of carbonyl (C=O) groups excluding carboxylic acids is 1. The predicted molar refractivity (Wildman–Crippen MR) is 156 cm³/mol. The SMILES string of the molecule is CCCCCCCCCCCCCCCCCCOCC(O)CNC(C)=O.C[N+](C)(C)CCOP(=O)(O)O. The fourth-order valence-electron chi connectivity index (χ4n) is 3.73. The predicted octanol–water partition coefficient (Wildman–Crippen LogP) is 5.56. The number of unbranched alkanes of at least 4 members (excludes halogenated alkanes) is 15. The minimum absolute atomic E-state index is 0.0772. The number of nitrogens with one attached hydrogen (secondary N) is 1. The molecule has 9 nitrogen and oxygen atoms in total. The van der Waals surface area contributed by atoms with Crippen molar-refractivity contribution in [3.63, 3.8) is 0 Å². The van der Waals surface area contributed by atoms with Gasteiger partial charge in [0.25, 0.3) is 0 Å². The molecule has 38 heavy (non-hydrogen) atoms. The van der Waals surface area contributed by atoms with E-state index in [1.807, 2.05) is 21.1 Å². The van der Waals surface area contributed by atoms with Crippen LogP contribution in [0.1, 0.15) is 117 Å². The van der Waals surface area contributed by atoms with Gasteiger partial charge >= 0.3 is 7.82 Å². The molecule has 0 aliphatic carbocycles. The zero-order valence-corrected chi connectivity index (χ0v) is 26.2. The minimum atomic E-state index is -4.26. The van der Waals surface area contributed by atoms with Crippen molar-refractivity contribution >= 4 is 13.7 Å². The molecule has 4 N–H and O–H groups in total. The fourth-order valence-corrected chi connectivity index (χ4v) is 4.05. The maximum Gasteiger partial charge on any atom is 0.469 e. The summed E-state index contributed by atoms with van der Waals surface area (Å²) in [4.78, 5) is 27.3. The topological polar surface area (TPSA) is 125 Å². The van der Waals surface area contributed by atoms with Crippen molar-refractivity contribution in [2.75, 3.05) is 54.1 Å². The van der Waals surface area contributed by atoms with Gasteiger partial charge in [-0.3, -0.25) is 9.32 Å². The summed E-state index contributed by atoms with van der Waals surface area (Å²) < 4.78 is 20.5. The standard InChI is InChI=1S/C23H47NO3.C5H14NO4P/c1-3-4-5-6-7-8-9-10-11-12-13-14-15-16-17-18-19-27-21-23(26)20-24-22(2)25;1-6(2,3)4-5-10-11(7,8)9/h23,26H,3-21H2,1-2H3,(H,24,25);4-5H2,1-3H3,(H-,7,8,9)/p+1. The van der Waals surface area contributed by atoms with Gasteiger partial charge in [0.1, 0.15) is 13.2 Å². The number of amides is 1. The van der Waals surface area contributed by atoms with Crippen LogP contribution in [-0.4, -0.2) is 85.4 Å². The zero-order chi connectivity index (χ0) is 29.1. The molecule has 10 heteroatoms. The van der Waals surface area contributed by atoms with Crippen molar-refractivity contribution in [3.8, 4) is 0 Å². The largest absolute Gasteiger partial charge is 0.469 e. The van der Waals surface area contributed by atoms with E-state index in [9.17, 15) is 14.5 Å². The molecule has 1 atom stereocenters. The highest BCUT2D eigenvalue weighted by atomic mass is 31.2. The molecule has 0 spiro atoms. The molecule has 0 aromatic heterocycles. The Hall–Kier alpha value is -0.540. The number of nitrogens with zero attached hydrogens (tertiary/aromatic N) is 1. The molecule has 230 valence electrons. The minimum Gasteiger partial charge on any atom is -0.389 e. The molecule has 0 rings (SSSR count). The summed E-state index contributed by atoms with van der Waals surface area (Å²) in [5, 5.41) is 12.2. The number of hydrogen-bond donors (Lipinski definition) is 4. The first-order chi connectivity index (χ1) is 17.9. The highest BCUT2D eigenvalue weighted by Crippen LogP contribution is 2.35. The van der Waals surface area contributed by atoms with Crippen molar-refractivity contribution < 1.29 is 38.0 Å². The van der Waals surface area contributed by atoms with Gasteiger partial charge in [-0.05, 0) is 6.42 Å². The number of carbonyl (C=O) groups is 1. The summed E-state index contributed by atoms with van der Waals surface area (Å²) in [6.45, 7) is 5.66. The van der Waals surface area contributed by atoms with Crippen LogP contribution in [0, 0.1) is 0 Å². The monoisotopic (exact) mass is 569 g/mol. The number of aliphatic hydroxyl groups excluding tert-OH is 1. The second kappa shape index (κ2) is 26.7. The summed E-state index contributed by atoms with van der Waals surface area (Å²) in [7, 11) is 1.50. The van der Waals surface area contributed by atoms with Gasteiger partial charge in [0.15, 0.2) is 0 Å². The highest BCUT2D eigenvalue weighted by Gasteiger charge is 2.16. The molecule has 0 heterocycles. The van der Waals surface area contributed by atoms with E-state index in [-0.39, 0.29) is 19.1 Å². The lowest BCUT2D eigenvalue weighted by atomic mass is 10.0. The average Bonchev–Trinajstić information content (AvgIpc) is 2.80. The number of hydrogen-bond acceptors (Lipinski definition) is 5. The van der Waals surface area contributed by atoms with Crippen LogP contribution in [0.25, 0.3) is 0 Å². The van der Waals surface area contributed by atoms with Crippen LogP contribution in [0.15, 0.2) is 0 Å². The average molecular weight is 570 g/mol. The first-order valence-electron chi connectivity index (χ1n) is 14.9. The Morgan fingerprint density at radius 1 is 0.789 bits per heavy atom. The van der Waals surface area contributed by atoms with Crippen LogP contribution >= 0.6 is 7.82 Å². The number of aliphatic hydroxyl groups is 1. The molecule has 0 aliphatic heterocycles. The Morgan fingerprint density at radius 2 is 1.21 bits per heavy atom. The third kappa shape index (κ3) is 40.0. The third-order valence-corrected chi connectivity index (χ3v) is 6.58. The summed E-state index contributed by atoms with van der Waals surface area (Å²) >= 11 is 0. The highest BCUT2D eigenvalue weighted by molar-refractivity contribution is 7.46. The number of ether oxygens (including phenoxy) is 1. The Morgan fingerprint density at radius 3 is 1.58 bits per heavy atom. The van der Waals surface area contributed by atoms with Gasteiger partial charge in [0, 0.05) is 20.1 Å². The lowest BCUT2D eigenvalue weighted by Gasteiger charge is -2.23. The Bertz CT molecular complexity index is 568. The van der Waals surface area contributed by atoms with Crippen LogP contribution in [0.2, 0.25) is 0 Å². The van der Waals surface area contributed by atoms with E-state index in [0.29, 0.717) is 24.2 Å². The lowest BCUT2D eigenvalue weighted by Crippen LogP contribution is -2.37. The van der Waals surface area contributed by atoms with Gasteiger partial charge < -0.3 is 29.4 Å². The molecule has 0 aromatic carbocycles. The summed E-state index contributed by atoms with van der Waals surface area (Å²) in [5.41, 5.74) is 0. The van der Waals surface area contributed by atoms with E-state index in [1.54, 1.807) is 0 Å². The van der Waals surface area contributed by atoms with Crippen molar-refractivity contribution in [1.29, 1.82) is 0 Å². The molecule has 0 saturated heterocycles. The van der Waals surface area contributed by atoms with Gasteiger partial charge in [0.2, 0.25) is 5.91 Å². The first-order valence-corrected chi connectivity index (χ1v) is 16.4. The van der Waals surface area contributed by atoms with E-state index in [1.165, 1.54) is 103 Å². The second-order valence-electron chi connectivity index (χ2n) is 11.3. The van der Waals surface area contributed by atoms with Crippen LogP contribution in [-0.2, 0) is 18.6 Å². The van der Waals surface area contributed by atoms with Crippen molar-refractivity contribution in [2.45, 2.75) is 123 Å². The molecule has 0 radical (unpaired) electrons. The number of likely N-dealkylation sites (N-methyl/N-ethyl adjacent to an activating group) is 1. The number of phosphoric acid groups is 1. The van der Waals surface area contributed by atoms with Crippen molar-refractivity contribution in [3.05, 3.63) is 0 Å². The molecular weight excluding hydrogens is 507 g/mol. The van der Waals surface area contributed by atoms with Crippen molar-refractivity contribution in [2.24, 2.45) is 0 Å². The lowest BCUT2D eigenvalue weighted by molar-refractivity contribution is -0.870. The van der Waals surface area contributed by atoms with E-state index in [4.69, 9.17) is 14.5 Å². The third-order valence-electron chi connectivity index (χ3n) is 6.06. The fraction of sp³-hybridized carbons (Fsp3) is 0.964. The number of phosphoric ester groups is 1. The Balaban J connectivity index is 0. The van der Waals surface area contributed by atoms with Crippen LogP contribution < -0.4 is 5.32 Å². The molecule has 0 aromatic rings. The smallest absolute Gasteiger partial charge is 0.389 e. The maximum absolute atomic E-state index is 10.7. The van der Waals surface area contributed by atoms with Crippen LogP contribution in [0.3, 0.4) is 0 Å². The van der Waals surface area contributed by atoms with Gasteiger partial charge in [-0.15, -0.1) is 0 Å². The van der Waals surface area contributed by atoms with E-state index < -0.39 is 13.9 Å². The van der Waals surface area contributed by atoms with Gasteiger partial charge in [-0.25, -0.2) is 4.57 Å². The first kappa shape index (κ1) is 39.6. The molecule has 1 unspecified atom stereocenters. The molecule has 0 aliphatic rings. The number of rotatable bonds is 25. The van der Waals surface area contributed by atoms with E-state index >= 15 is 0 Å². The summed E-state index contributed by atoms with van der Waals surface area (Å²) in [5.74, 6) is -0.119. The number of quaternary nitrogens is 1. The zero-order valence-electron chi connectivity index (χ0n) is 25.3. The van der Waals surface area contributed by atoms with E-state index in [2.05, 4.69) is 16.8 Å². The summed E-state index contributed by atoms with van der Waals surface area (Å²) in [6.07, 6.45) is 21.3. The Labute approximate surface area is 233 Å². The molecular formula is C28H62N2O7P+. The molecule has 0 fully saturated rings. The van der Waals surface area contributed by atoms with Crippen molar-refractivity contribution in [1.82, 2.24) is 5.32 Å². The molecule has 0 bridgehead atoms. The normalized spacial score (nSPS) is 12.6. The van der Waals surface area contributed by atoms with Crippen LogP contribution in [0.4, 0.5) is 0 Å². The second-order valence-corrected chi connectivity index (χ2v) is 12.5. The van der Waals surface area contributed by atoms with Gasteiger partial charge in [0.05, 0.1) is 33.9 Å². The van der Waals surface area contributed by atoms with Crippen LogP contribution in [0.5, 0.6) is 0 Å².